The summed E-state index contributed by atoms with van der Waals surface area (Å²) >= 11 is 0. The molecule has 1 aromatic rings. The summed E-state index contributed by atoms with van der Waals surface area (Å²) in [7, 11) is 1.72. The average Bonchev–Trinajstić information content (AvgIpc) is 2.69. The first-order valence-corrected chi connectivity index (χ1v) is 6.47. The van der Waals surface area contributed by atoms with Gasteiger partial charge in [-0.25, -0.2) is 0 Å². The molecule has 1 rings (SSSR count). The van der Waals surface area contributed by atoms with E-state index < -0.39 is 0 Å². The van der Waals surface area contributed by atoms with E-state index in [2.05, 4.69) is 35.9 Å². The van der Waals surface area contributed by atoms with Crippen LogP contribution >= 0.6 is 0 Å². The van der Waals surface area contributed by atoms with E-state index in [0.29, 0.717) is 6.04 Å². The fourth-order valence-corrected chi connectivity index (χ4v) is 2.03. The van der Waals surface area contributed by atoms with Crippen molar-refractivity contribution in [2.75, 3.05) is 20.3 Å². The Morgan fingerprint density at radius 2 is 2.12 bits per heavy atom. The third kappa shape index (κ3) is 3.82. The maximum absolute atomic E-state index is 5.00. The molecule has 17 heavy (non-hydrogen) atoms. The Kier molecular flexibility index (Phi) is 6.22. The highest BCUT2D eigenvalue weighted by Crippen LogP contribution is 2.18. The molecule has 0 saturated carbocycles. The molecule has 0 saturated heterocycles. The van der Waals surface area contributed by atoms with Gasteiger partial charge in [-0.15, -0.1) is 0 Å². The molecule has 1 N–H and O–H groups in total. The minimum atomic E-state index is 0.530. The standard InChI is InChI=1S/C13H25N3O/c1-5-13(6-2)16-11(3)12(10-15-16)9-14-7-8-17-4/h10,13-14H,5-9H2,1-4H3. The number of methoxy groups -OCH3 is 1. The minimum absolute atomic E-state index is 0.530. The van der Waals surface area contributed by atoms with E-state index in [1.54, 1.807) is 7.11 Å². The molecule has 4 nitrogen and oxygen atoms in total. The lowest BCUT2D eigenvalue weighted by atomic mass is 10.1. The monoisotopic (exact) mass is 239 g/mol. The van der Waals surface area contributed by atoms with Gasteiger partial charge >= 0.3 is 0 Å². The zero-order chi connectivity index (χ0) is 12.7. The Hall–Kier alpha value is -0.870. The zero-order valence-electron chi connectivity index (χ0n) is 11.5. The molecule has 0 fully saturated rings. The third-order valence-corrected chi connectivity index (χ3v) is 3.23. The van der Waals surface area contributed by atoms with Crippen molar-refractivity contribution < 1.29 is 4.74 Å². The Bertz CT molecular complexity index is 318. The minimum Gasteiger partial charge on any atom is -0.383 e. The van der Waals surface area contributed by atoms with Crippen LogP contribution in [0.3, 0.4) is 0 Å². The molecule has 0 bridgehead atoms. The first kappa shape index (κ1) is 14.2. The van der Waals surface area contributed by atoms with Crippen LogP contribution in [0.15, 0.2) is 6.20 Å². The van der Waals surface area contributed by atoms with Crippen LogP contribution in [-0.2, 0) is 11.3 Å². The lowest BCUT2D eigenvalue weighted by Gasteiger charge is -2.15. The highest BCUT2D eigenvalue weighted by Gasteiger charge is 2.12. The first-order chi connectivity index (χ1) is 8.24. The van der Waals surface area contributed by atoms with Gasteiger partial charge in [-0.1, -0.05) is 13.8 Å². The largest absolute Gasteiger partial charge is 0.383 e. The smallest absolute Gasteiger partial charge is 0.0587 e. The van der Waals surface area contributed by atoms with Gasteiger partial charge in [0.05, 0.1) is 18.8 Å². The molecule has 98 valence electrons. The molecule has 4 heteroatoms. The number of ether oxygens (including phenoxy) is 1. The Labute approximate surface area is 104 Å². The van der Waals surface area contributed by atoms with Gasteiger partial charge in [0.15, 0.2) is 0 Å². The van der Waals surface area contributed by atoms with Crippen LogP contribution in [0.5, 0.6) is 0 Å². The van der Waals surface area contributed by atoms with Gasteiger partial charge in [0.25, 0.3) is 0 Å². The molecule has 0 amide bonds. The highest BCUT2D eigenvalue weighted by molar-refractivity contribution is 5.16. The molecular formula is C13H25N3O. The van der Waals surface area contributed by atoms with Crippen LogP contribution in [0.1, 0.15) is 44.0 Å². The van der Waals surface area contributed by atoms with Crippen LogP contribution in [-0.4, -0.2) is 30.0 Å². The van der Waals surface area contributed by atoms with Crippen molar-refractivity contribution in [2.45, 2.75) is 46.2 Å². The summed E-state index contributed by atoms with van der Waals surface area (Å²) in [5, 5.41) is 7.86. The van der Waals surface area contributed by atoms with Crippen LogP contribution in [0.25, 0.3) is 0 Å². The van der Waals surface area contributed by atoms with E-state index in [0.717, 1.165) is 32.5 Å². The number of aromatic nitrogens is 2. The normalized spacial score (nSPS) is 11.4. The number of hydrogen-bond donors (Lipinski definition) is 1. The number of hydrogen-bond acceptors (Lipinski definition) is 3. The average molecular weight is 239 g/mol. The van der Waals surface area contributed by atoms with Crippen molar-refractivity contribution in [3.05, 3.63) is 17.5 Å². The SMILES string of the molecule is CCC(CC)n1ncc(CNCCOC)c1C. The second-order valence-corrected chi connectivity index (χ2v) is 4.34. The second kappa shape index (κ2) is 7.45. The van der Waals surface area contributed by atoms with Crippen LogP contribution < -0.4 is 5.32 Å². The van der Waals surface area contributed by atoms with Crippen molar-refractivity contribution in [3.63, 3.8) is 0 Å². The van der Waals surface area contributed by atoms with Crippen molar-refractivity contribution >= 4 is 0 Å². The summed E-state index contributed by atoms with van der Waals surface area (Å²) in [5.74, 6) is 0. The van der Waals surface area contributed by atoms with Crippen LogP contribution in [0.2, 0.25) is 0 Å². The number of rotatable bonds is 8. The fraction of sp³-hybridized carbons (Fsp3) is 0.769. The maximum Gasteiger partial charge on any atom is 0.0587 e. The molecule has 0 radical (unpaired) electrons. The lowest BCUT2D eigenvalue weighted by Crippen LogP contribution is -2.19. The third-order valence-electron chi connectivity index (χ3n) is 3.23. The predicted octanol–water partition coefficient (Wildman–Crippen LogP) is 2.29. The molecule has 0 unspecified atom stereocenters. The van der Waals surface area contributed by atoms with Gasteiger partial charge in [-0.3, -0.25) is 4.68 Å². The summed E-state index contributed by atoms with van der Waals surface area (Å²) < 4.78 is 7.16. The first-order valence-electron chi connectivity index (χ1n) is 6.47. The van der Waals surface area contributed by atoms with E-state index in [9.17, 15) is 0 Å². The molecule has 0 aliphatic heterocycles. The summed E-state index contributed by atoms with van der Waals surface area (Å²) in [4.78, 5) is 0. The summed E-state index contributed by atoms with van der Waals surface area (Å²) in [6.45, 7) is 9.08. The zero-order valence-corrected chi connectivity index (χ0v) is 11.5. The van der Waals surface area contributed by atoms with E-state index in [4.69, 9.17) is 4.74 Å². The van der Waals surface area contributed by atoms with Crippen molar-refractivity contribution in [2.24, 2.45) is 0 Å². The summed E-state index contributed by atoms with van der Waals surface area (Å²) in [6.07, 6.45) is 4.25. The van der Waals surface area contributed by atoms with E-state index >= 15 is 0 Å². The predicted molar refractivity (Wildman–Crippen MR) is 70.2 cm³/mol. The van der Waals surface area contributed by atoms with Crippen molar-refractivity contribution in [1.82, 2.24) is 15.1 Å². The molecule has 1 aromatic heterocycles. The van der Waals surface area contributed by atoms with Gasteiger partial charge in [-0.2, -0.15) is 5.10 Å². The van der Waals surface area contributed by atoms with Gasteiger partial charge in [0.1, 0.15) is 0 Å². The number of nitrogens with zero attached hydrogens (tertiary/aromatic N) is 2. The quantitative estimate of drug-likeness (QED) is 0.707. The van der Waals surface area contributed by atoms with E-state index in [1.807, 2.05) is 6.20 Å². The molecule has 0 aromatic carbocycles. The van der Waals surface area contributed by atoms with Gasteiger partial charge < -0.3 is 10.1 Å². The highest BCUT2D eigenvalue weighted by atomic mass is 16.5. The summed E-state index contributed by atoms with van der Waals surface area (Å²) in [5.41, 5.74) is 2.57. The van der Waals surface area contributed by atoms with E-state index in [1.165, 1.54) is 11.3 Å². The van der Waals surface area contributed by atoms with Crippen molar-refractivity contribution in [3.8, 4) is 0 Å². The van der Waals surface area contributed by atoms with Gasteiger partial charge in [0, 0.05) is 31.5 Å². The lowest BCUT2D eigenvalue weighted by molar-refractivity contribution is 0.199. The fourth-order valence-electron chi connectivity index (χ4n) is 2.03. The topological polar surface area (TPSA) is 39.1 Å². The molecule has 0 spiro atoms. The van der Waals surface area contributed by atoms with Crippen molar-refractivity contribution in [1.29, 1.82) is 0 Å². The maximum atomic E-state index is 5.00. The van der Waals surface area contributed by atoms with Crippen LogP contribution in [0, 0.1) is 6.92 Å². The molecular weight excluding hydrogens is 214 g/mol. The van der Waals surface area contributed by atoms with Gasteiger partial charge in [0.2, 0.25) is 0 Å². The Morgan fingerprint density at radius 1 is 1.41 bits per heavy atom. The molecule has 0 aliphatic carbocycles. The number of nitrogens with one attached hydrogen (secondary N) is 1. The molecule has 0 aliphatic rings. The molecule has 1 heterocycles. The van der Waals surface area contributed by atoms with E-state index in [-0.39, 0.29) is 0 Å². The van der Waals surface area contributed by atoms with Gasteiger partial charge in [-0.05, 0) is 19.8 Å². The Balaban J connectivity index is 2.57. The van der Waals surface area contributed by atoms with Crippen LogP contribution in [0.4, 0.5) is 0 Å². The second-order valence-electron chi connectivity index (χ2n) is 4.34. The Morgan fingerprint density at radius 3 is 2.71 bits per heavy atom. The summed E-state index contributed by atoms with van der Waals surface area (Å²) in [6, 6.07) is 0.530. The molecule has 0 atom stereocenters.